The zero-order chi connectivity index (χ0) is 27.4. The summed E-state index contributed by atoms with van der Waals surface area (Å²) in [5.41, 5.74) is 0. The Kier molecular flexibility index (Phi) is 16.2. The van der Waals surface area contributed by atoms with Crippen molar-refractivity contribution < 1.29 is 32.8 Å². The van der Waals surface area contributed by atoms with Crippen LogP contribution in [0.15, 0.2) is 73.5 Å². The van der Waals surface area contributed by atoms with E-state index in [2.05, 4.69) is 88.0 Å². The Labute approximate surface area is 230 Å². The fourth-order valence-corrected chi connectivity index (χ4v) is 8.73. The highest BCUT2D eigenvalue weighted by Gasteiger charge is 2.49. The van der Waals surface area contributed by atoms with Crippen molar-refractivity contribution in [1.29, 1.82) is 0 Å². The summed E-state index contributed by atoms with van der Waals surface area (Å²) in [5, 5.41) is 2.50. The minimum Gasteiger partial charge on any atom is -0.499 e. The highest BCUT2D eigenvalue weighted by Crippen LogP contribution is 2.36. The normalized spacial score (nSPS) is 12.0. The molecular weight excluding hydrogens is 500 g/mol. The lowest BCUT2D eigenvalue weighted by Gasteiger charge is -2.43. The van der Waals surface area contributed by atoms with Crippen molar-refractivity contribution in [2.75, 3.05) is 79.3 Å². The molecule has 0 saturated carbocycles. The largest absolute Gasteiger partial charge is 0.499 e. The summed E-state index contributed by atoms with van der Waals surface area (Å²) < 4.78 is 39.5. The zero-order valence-corrected chi connectivity index (χ0v) is 24.4. The van der Waals surface area contributed by atoms with Gasteiger partial charge in [-0.1, -0.05) is 88.0 Å². The molecule has 8 heteroatoms. The summed E-state index contributed by atoms with van der Waals surface area (Å²) in [7, 11) is -2.51. The molecule has 0 aliphatic heterocycles. The Morgan fingerprint density at radius 1 is 0.553 bits per heavy atom. The maximum Gasteiger partial charge on any atom is 0.261 e. The maximum atomic E-state index is 6.82. The zero-order valence-electron chi connectivity index (χ0n) is 23.4. The quantitative estimate of drug-likeness (QED) is 0.126. The fraction of sp³-hybridized carbons (Fsp3) is 0.533. The topological polar surface area (TPSA) is 64.6 Å². The van der Waals surface area contributed by atoms with E-state index in [9.17, 15) is 0 Å². The lowest BCUT2D eigenvalue weighted by atomic mass is 10.2. The van der Waals surface area contributed by atoms with E-state index in [0.29, 0.717) is 79.3 Å². The van der Waals surface area contributed by atoms with Crippen molar-refractivity contribution in [1.82, 2.24) is 0 Å². The average Bonchev–Trinajstić information content (AvgIpc) is 2.92. The van der Waals surface area contributed by atoms with Crippen LogP contribution in [0.3, 0.4) is 0 Å². The molecule has 0 amide bonds. The monoisotopic (exact) mass is 546 g/mol. The first-order chi connectivity index (χ1) is 18.5. The lowest BCUT2D eigenvalue weighted by molar-refractivity contribution is -0.0151. The molecule has 0 radical (unpaired) electrons. The molecule has 2 aromatic rings. The maximum absolute atomic E-state index is 6.82. The summed E-state index contributed by atoms with van der Waals surface area (Å²) in [6.45, 7) is 16.6. The van der Waals surface area contributed by atoms with Crippen molar-refractivity contribution in [3.8, 4) is 0 Å². The Balaban J connectivity index is 1.58. The second-order valence-electron chi connectivity index (χ2n) is 9.61. The molecule has 0 spiro atoms. The molecule has 0 aromatic heterocycles. The van der Waals surface area contributed by atoms with Gasteiger partial charge in [-0.15, -0.1) is 0 Å². The molecule has 2 rings (SSSR count). The highest BCUT2D eigenvalue weighted by molar-refractivity contribution is 6.99. The van der Waals surface area contributed by atoms with E-state index in [1.807, 2.05) is 0 Å². The predicted octanol–water partition coefficient (Wildman–Crippen LogP) is 3.81. The first kappa shape index (κ1) is 32.2. The van der Waals surface area contributed by atoms with Gasteiger partial charge >= 0.3 is 0 Å². The smallest absolute Gasteiger partial charge is 0.261 e. The van der Waals surface area contributed by atoms with Crippen LogP contribution in [0.2, 0.25) is 5.04 Å². The summed E-state index contributed by atoms with van der Waals surface area (Å²) in [5.74, 6) is 0. The van der Waals surface area contributed by atoms with Crippen LogP contribution >= 0.6 is 0 Å². The molecule has 0 fully saturated rings. The van der Waals surface area contributed by atoms with Crippen molar-refractivity contribution in [3.63, 3.8) is 0 Å². The molecule has 38 heavy (non-hydrogen) atoms. The molecule has 0 unspecified atom stereocenters. The summed E-state index contributed by atoms with van der Waals surface area (Å²) in [4.78, 5) is 0. The Hall–Kier alpha value is -2.04. The van der Waals surface area contributed by atoms with Gasteiger partial charge in [0.05, 0.1) is 78.9 Å². The van der Waals surface area contributed by atoms with Crippen LogP contribution in [0.1, 0.15) is 20.8 Å². The molecule has 0 heterocycles. The highest BCUT2D eigenvalue weighted by atomic mass is 28.4. The standard InChI is InChI=1S/C30H46O7Si/c1-5-31-16-17-32-18-19-33-20-21-34-22-23-35-24-25-36-26-27-37-38(30(2,3)4,28-12-8-6-9-13-28)29-14-10-7-11-15-29/h5-15H,1,16-27H2,2-4H3. The van der Waals surface area contributed by atoms with Gasteiger partial charge in [0.25, 0.3) is 8.32 Å². The third kappa shape index (κ3) is 11.4. The molecule has 0 aliphatic rings. The number of ether oxygens (including phenoxy) is 6. The molecular formula is C30H46O7Si. The van der Waals surface area contributed by atoms with Crippen molar-refractivity contribution in [2.45, 2.75) is 25.8 Å². The van der Waals surface area contributed by atoms with Gasteiger partial charge in [-0.3, -0.25) is 0 Å². The number of hydrogen-bond donors (Lipinski definition) is 0. The van der Waals surface area contributed by atoms with Crippen LogP contribution in [-0.4, -0.2) is 87.6 Å². The number of rotatable bonds is 22. The second kappa shape index (κ2) is 19.1. The lowest BCUT2D eigenvalue weighted by Crippen LogP contribution is -2.66. The number of hydrogen-bond acceptors (Lipinski definition) is 7. The van der Waals surface area contributed by atoms with Crippen LogP contribution < -0.4 is 10.4 Å². The molecule has 0 bridgehead atoms. The van der Waals surface area contributed by atoms with Gasteiger partial charge in [-0.05, 0) is 15.4 Å². The molecule has 212 valence electrons. The van der Waals surface area contributed by atoms with E-state index in [1.54, 1.807) is 0 Å². The summed E-state index contributed by atoms with van der Waals surface area (Å²) in [6.07, 6.45) is 1.40. The van der Waals surface area contributed by atoms with Crippen LogP contribution in [0.25, 0.3) is 0 Å². The average molecular weight is 547 g/mol. The molecule has 0 aliphatic carbocycles. The fourth-order valence-electron chi connectivity index (χ4n) is 4.19. The van der Waals surface area contributed by atoms with Crippen molar-refractivity contribution >= 4 is 18.7 Å². The van der Waals surface area contributed by atoms with E-state index >= 15 is 0 Å². The molecule has 7 nitrogen and oxygen atoms in total. The molecule has 2 aromatic carbocycles. The van der Waals surface area contributed by atoms with Gasteiger partial charge in [-0.25, -0.2) is 0 Å². The van der Waals surface area contributed by atoms with Gasteiger partial charge in [0.1, 0.15) is 6.61 Å². The minimum atomic E-state index is -2.51. The van der Waals surface area contributed by atoms with E-state index < -0.39 is 8.32 Å². The van der Waals surface area contributed by atoms with E-state index in [-0.39, 0.29) is 5.04 Å². The molecule has 0 saturated heterocycles. The Morgan fingerprint density at radius 3 is 1.24 bits per heavy atom. The van der Waals surface area contributed by atoms with Crippen LogP contribution in [0.4, 0.5) is 0 Å². The van der Waals surface area contributed by atoms with E-state index in [4.69, 9.17) is 32.8 Å². The first-order valence-corrected chi connectivity index (χ1v) is 15.3. The van der Waals surface area contributed by atoms with Gasteiger partial charge in [-0.2, -0.15) is 0 Å². The minimum absolute atomic E-state index is 0.0433. The third-order valence-corrected chi connectivity index (χ3v) is 11.0. The van der Waals surface area contributed by atoms with Gasteiger partial charge < -0.3 is 32.8 Å². The molecule has 0 N–H and O–H groups in total. The summed E-state index contributed by atoms with van der Waals surface area (Å²) in [6, 6.07) is 21.3. The van der Waals surface area contributed by atoms with Crippen molar-refractivity contribution in [3.05, 3.63) is 73.5 Å². The predicted molar refractivity (Wildman–Crippen MR) is 154 cm³/mol. The van der Waals surface area contributed by atoms with Gasteiger partial charge in [0.2, 0.25) is 0 Å². The summed E-state index contributed by atoms with van der Waals surface area (Å²) >= 11 is 0. The SMILES string of the molecule is C=COCCOCCOCCOCCOCCOCCO[Si](c1ccccc1)(c1ccccc1)C(C)(C)C. The molecule has 0 atom stereocenters. The van der Waals surface area contributed by atoms with E-state index in [1.165, 1.54) is 16.6 Å². The Morgan fingerprint density at radius 2 is 0.895 bits per heavy atom. The first-order valence-electron chi connectivity index (χ1n) is 13.4. The van der Waals surface area contributed by atoms with Gasteiger partial charge in [0.15, 0.2) is 0 Å². The van der Waals surface area contributed by atoms with Crippen LogP contribution in [0.5, 0.6) is 0 Å². The van der Waals surface area contributed by atoms with E-state index in [0.717, 1.165) is 0 Å². The Bertz CT molecular complexity index is 803. The van der Waals surface area contributed by atoms with Crippen molar-refractivity contribution in [2.24, 2.45) is 0 Å². The van der Waals surface area contributed by atoms with Gasteiger partial charge in [0, 0.05) is 0 Å². The second-order valence-corrected chi connectivity index (χ2v) is 13.9. The number of benzene rings is 2. The van der Waals surface area contributed by atoms with Crippen LogP contribution in [0, 0.1) is 0 Å². The third-order valence-electron chi connectivity index (χ3n) is 5.91. The van der Waals surface area contributed by atoms with Crippen LogP contribution in [-0.2, 0) is 32.8 Å².